The van der Waals surface area contributed by atoms with E-state index in [1.807, 2.05) is 0 Å². The van der Waals surface area contributed by atoms with Gasteiger partial charge in [-0.05, 0) is 37.0 Å². The molecule has 2 heterocycles. The van der Waals surface area contributed by atoms with Crippen LogP contribution in [0.4, 0.5) is 5.69 Å². The van der Waals surface area contributed by atoms with Crippen LogP contribution in [0, 0.1) is 5.92 Å². The second-order valence-electron chi connectivity index (χ2n) is 6.20. The normalized spacial score (nSPS) is 16.7. The number of sulfonamides is 1. The Bertz CT molecular complexity index is 868. The van der Waals surface area contributed by atoms with Crippen LogP contribution in [-0.4, -0.2) is 36.8 Å². The number of benzene rings is 1. The van der Waals surface area contributed by atoms with Crippen LogP contribution in [0.3, 0.4) is 0 Å². The van der Waals surface area contributed by atoms with Crippen molar-refractivity contribution < 1.29 is 18.3 Å². The Hall–Kier alpha value is -1.90. The third kappa shape index (κ3) is 3.86. The summed E-state index contributed by atoms with van der Waals surface area (Å²) in [5.41, 5.74) is 0.287. The van der Waals surface area contributed by atoms with Crippen molar-refractivity contribution in [3.63, 3.8) is 0 Å². The second-order valence-corrected chi connectivity index (χ2v) is 9.05. The molecule has 25 heavy (non-hydrogen) atoms. The number of anilines is 1. The lowest BCUT2D eigenvalue weighted by Crippen LogP contribution is -2.37. The Balaban J connectivity index is 1.75. The fourth-order valence-corrected chi connectivity index (χ4v) is 5.34. The Morgan fingerprint density at radius 3 is 2.64 bits per heavy atom. The highest BCUT2D eigenvalue weighted by Gasteiger charge is 2.29. The molecule has 2 N–H and O–H groups in total. The SMILES string of the molecule is CC1CCN(S(=O)(=O)c2csc(C(=O)Nc3ccccc3O)c2)CC1. The van der Waals surface area contributed by atoms with Crippen LogP contribution < -0.4 is 5.32 Å². The zero-order valence-electron chi connectivity index (χ0n) is 13.8. The van der Waals surface area contributed by atoms with Crippen LogP contribution in [0.2, 0.25) is 0 Å². The molecule has 1 aliphatic rings. The third-order valence-electron chi connectivity index (χ3n) is 4.33. The Morgan fingerprint density at radius 2 is 1.96 bits per heavy atom. The highest BCUT2D eigenvalue weighted by Crippen LogP contribution is 2.28. The molecule has 1 amide bonds. The number of para-hydroxylation sites is 2. The van der Waals surface area contributed by atoms with Gasteiger partial charge in [-0.3, -0.25) is 4.79 Å². The number of amides is 1. The molecule has 0 atom stereocenters. The second kappa shape index (κ2) is 7.15. The summed E-state index contributed by atoms with van der Waals surface area (Å²) in [6.07, 6.45) is 1.70. The molecule has 0 unspecified atom stereocenters. The number of rotatable bonds is 4. The number of aromatic hydroxyl groups is 1. The van der Waals surface area contributed by atoms with Crippen LogP contribution in [0.1, 0.15) is 29.4 Å². The number of thiophene rings is 1. The summed E-state index contributed by atoms with van der Waals surface area (Å²) in [5.74, 6) is 0.0525. The number of phenolic OH excluding ortho intramolecular Hbond substituents is 1. The van der Waals surface area contributed by atoms with Crippen molar-refractivity contribution in [1.29, 1.82) is 0 Å². The van der Waals surface area contributed by atoms with Crippen LogP contribution in [0.5, 0.6) is 5.75 Å². The number of phenols is 1. The van der Waals surface area contributed by atoms with E-state index in [0.29, 0.717) is 19.0 Å². The number of nitrogens with one attached hydrogen (secondary N) is 1. The van der Waals surface area contributed by atoms with E-state index < -0.39 is 15.9 Å². The summed E-state index contributed by atoms with van der Waals surface area (Å²) in [7, 11) is -3.56. The molecule has 2 aromatic rings. The minimum absolute atomic E-state index is 0.0392. The maximum Gasteiger partial charge on any atom is 0.265 e. The lowest BCUT2D eigenvalue weighted by molar-refractivity contribution is 0.103. The van der Waals surface area contributed by atoms with Crippen LogP contribution in [-0.2, 0) is 10.0 Å². The van der Waals surface area contributed by atoms with Crippen molar-refractivity contribution in [3.05, 3.63) is 40.6 Å². The first-order chi connectivity index (χ1) is 11.9. The van der Waals surface area contributed by atoms with Gasteiger partial charge in [0.15, 0.2) is 0 Å². The molecule has 1 fully saturated rings. The monoisotopic (exact) mass is 380 g/mol. The van der Waals surface area contributed by atoms with Gasteiger partial charge in [-0.25, -0.2) is 8.42 Å². The minimum Gasteiger partial charge on any atom is -0.506 e. The first-order valence-electron chi connectivity index (χ1n) is 8.06. The predicted octanol–water partition coefficient (Wildman–Crippen LogP) is 3.13. The van der Waals surface area contributed by atoms with E-state index in [1.54, 1.807) is 18.2 Å². The molecule has 0 saturated carbocycles. The molecule has 1 aromatic heterocycles. The van der Waals surface area contributed by atoms with E-state index in [1.165, 1.54) is 21.8 Å². The molecular weight excluding hydrogens is 360 g/mol. The highest BCUT2D eigenvalue weighted by molar-refractivity contribution is 7.89. The molecule has 3 rings (SSSR count). The Kier molecular flexibility index (Phi) is 5.12. The van der Waals surface area contributed by atoms with Gasteiger partial charge < -0.3 is 10.4 Å². The highest BCUT2D eigenvalue weighted by atomic mass is 32.2. The molecule has 6 nitrogen and oxygen atoms in total. The molecular formula is C17H20N2O4S2. The zero-order chi connectivity index (χ0) is 18.0. The molecule has 0 spiro atoms. The van der Waals surface area contributed by atoms with E-state index in [2.05, 4.69) is 12.2 Å². The van der Waals surface area contributed by atoms with Gasteiger partial charge in [0.1, 0.15) is 5.75 Å². The van der Waals surface area contributed by atoms with Crippen molar-refractivity contribution >= 4 is 33.0 Å². The van der Waals surface area contributed by atoms with Gasteiger partial charge >= 0.3 is 0 Å². The Morgan fingerprint density at radius 1 is 1.28 bits per heavy atom. The summed E-state index contributed by atoms with van der Waals surface area (Å²) in [4.78, 5) is 12.7. The predicted molar refractivity (Wildman–Crippen MR) is 97.5 cm³/mol. The van der Waals surface area contributed by atoms with Crippen molar-refractivity contribution in [3.8, 4) is 5.75 Å². The summed E-state index contributed by atoms with van der Waals surface area (Å²) < 4.78 is 26.9. The van der Waals surface area contributed by atoms with Crippen molar-refractivity contribution in [2.45, 2.75) is 24.7 Å². The lowest BCUT2D eigenvalue weighted by Gasteiger charge is -2.29. The van der Waals surface area contributed by atoms with Gasteiger partial charge in [-0.15, -0.1) is 11.3 Å². The number of carbonyl (C=O) groups is 1. The quantitative estimate of drug-likeness (QED) is 0.798. The van der Waals surface area contributed by atoms with Gasteiger partial charge in [0, 0.05) is 18.5 Å². The van der Waals surface area contributed by atoms with Gasteiger partial charge in [-0.1, -0.05) is 19.1 Å². The van der Waals surface area contributed by atoms with E-state index in [-0.39, 0.29) is 21.2 Å². The maximum absolute atomic E-state index is 12.7. The zero-order valence-corrected chi connectivity index (χ0v) is 15.4. The van der Waals surface area contributed by atoms with Crippen molar-refractivity contribution in [2.75, 3.05) is 18.4 Å². The summed E-state index contributed by atoms with van der Waals surface area (Å²) in [6, 6.07) is 7.79. The van der Waals surface area contributed by atoms with Crippen LogP contribution in [0.25, 0.3) is 0 Å². The van der Waals surface area contributed by atoms with E-state index in [9.17, 15) is 18.3 Å². The number of nitrogens with zero attached hydrogens (tertiary/aromatic N) is 1. The molecule has 0 radical (unpaired) electrons. The van der Waals surface area contributed by atoms with Crippen molar-refractivity contribution in [1.82, 2.24) is 4.31 Å². The maximum atomic E-state index is 12.7. The van der Waals surface area contributed by atoms with E-state index in [4.69, 9.17) is 0 Å². The van der Waals surface area contributed by atoms with Crippen molar-refractivity contribution in [2.24, 2.45) is 5.92 Å². The van der Waals surface area contributed by atoms with E-state index >= 15 is 0 Å². The summed E-state index contributed by atoms with van der Waals surface area (Å²) in [5, 5.41) is 13.8. The largest absolute Gasteiger partial charge is 0.506 e. The van der Waals surface area contributed by atoms with Gasteiger partial charge in [0.05, 0.1) is 15.5 Å². The van der Waals surface area contributed by atoms with Gasteiger partial charge in [0.2, 0.25) is 10.0 Å². The number of carbonyl (C=O) groups excluding carboxylic acids is 1. The summed E-state index contributed by atoms with van der Waals surface area (Å²) >= 11 is 1.07. The van der Waals surface area contributed by atoms with E-state index in [0.717, 1.165) is 24.2 Å². The van der Waals surface area contributed by atoms with Gasteiger partial charge in [0.25, 0.3) is 5.91 Å². The number of hydrogen-bond donors (Lipinski definition) is 2. The molecule has 1 aromatic carbocycles. The molecule has 0 bridgehead atoms. The number of hydrogen-bond acceptors (Lipinski definition) is 5. The summed E-state index contributed by atoms with van der Waals surface area (Å²) in [6.45, 7) is 3.15. The topological polar surface area (TPSA) is 86.7 Å². The third-order valence-corrected chi connectivity index (χ3v) is 7.29. The fraction of sp³-hybridized carbons (Fsp3) is 0.353. The molecule has 1 saturated heterocycles. The molecule has 134 valence electrons. The average Bonchev–Trinajstić information content (AvgIpc) is 3.08. The molecule has 0 aliphatic carbocycles. The smallest absolute Gasteiger partial charge is 0.265 e. The fourth-order valence-electron chi connectivity index (χ4n) is 2.71. The molecule has 8 heteroatoms. The minimum atomic E-state index is -3.56. The van der Waals surface area contributed by atoms with Gasteiger partial charge in [-0.2, -0.15) is 4.31 Å². The first-order valence-corrected chi connectivity index (χ1v) is 10.4. The van der Waals surface area contributed by atoms with Crippen LogP contribution >= 0.6 is 11.3 Å². The standard InChI is InChI=1S/C17H20N2O4S2/c1-12-6-8-19(9-7-12)25(22,23)13-10-16(24-11-13)17(21)18-14-4-2-3-5-15(14)20/h2-5,10-12,20H,6-9H2,1H3,(H,18,21). The van der Waals surface area contributed by atoms with Crippen LogP contribution in [0.15, 0.2) is 40.6 Å². The first kappa shape index (κ1) is 17.9. The lowest BCUT2D eigenvalue weighted by atomic mass is 10.0. The Labute approximate surface area is 151 Å². The average molecular weight is 380 g/mol. The molecule has 1 aliphatic heterocycles. The number of piperidine rings is 1.